The first-order valence-electron chi connectivity index (χ1n) is 7.53. The molecule has 0 aliphatic rings. The van der Waals surface area contributed by atoms with Crippen molar-refractivity contribution in [3.63, 3.8) is 0 Å². The zero-order chi connectivity index (χ0) is 16.8. The molecule has 0 aromatic heterocycles. The SMILES string of the molecule is C=CCOc1ccccc1OCC=C.C=CCc1ccccc1. The lowest BCUT2D eigenvalue weighted by Gasteiger charge is -2.09. The summed E-state index contributed by atoms with van der Waals surface area (Å²) in [5, 5.41) is 0. The predicted molar refractivity (Wildman–Crippen MR) is 98.2 cm³/mol. The standard InChI is InChI=1S/C12H14O2.C9H10/c1-3-9-13-11-7-5-6-8-12(11)14-10-4-2;1-2-6-9-7-4-3-5-8-9/h3-8H,1-2,9-10H2;2-5,7-8H,1,6H2. The molecular weight excluding hydrogens is 284 g/mol. The van der Waals surface area contributed by atoms with Gasteiger partial charge in [-0.15, -0.1) is 6.58 Å². The molecule has 0 amide bonds. The lowest BCUT2D eigenvalue weighted by atomic mass is 10.2. The first-order chi connectivity index (χ1) is 11.3. The second-order valence-electron chi connectivity index (χ2n) is 4.62. The van der Waals surface area contributed by atoms with Gasteiger partial charge in [0.1, 0.15) is 13.2 Å². The molecule has 0 radical (unpaired) electrons. The minimum Gasteiger partial charge on any atom is -0.486 e. The molecule has 0 saturated heterocycles. The van der Waals surface area contributed by atoms with Crippen LogP contribution in [0.4, 0.5) is 0 Å². The summed E-state index contributed by atoms with van der Waals surface area (Å²) >= 11 is 0. The summed E-state index contributed by atoms with van der Waals surface area (Å²) in [4.78, 5) is 0. The zero-order valence-corrected chi connectivity index (χ0v) is 13.5. The Morgan fingerprint density at radius 1 is 0.652 bits per heavy atom. The highest BCUT2D eigenvalue weighted by molar-refractivity contribution is 5.39. The average molecular weight is 308 g/mol. The maximum Gasteiger partial charge on any atom is 0.161 e. The number of para-hydroxylation sites is 2. The van der Waals surface area contributed by atoms with Gasteiger partial charge in [-0.1, -0.05) is 73.9 Å². The molecular formula is C21H24O2. The topological polar surface area (TPSA) is 18.5 Å². The molecule has 0 spiro atoms. The second-order valence-corrected chi connectivity index (χ2v) is 4.62. The van der Waals surface area contributed by atoms with Crippen molar-refractivity contribution in [1.29, 1.82) is 0 Å². The van der Waals surface area contributed by atoms with E-state index < -0.39 is 0 Å². The third-order valence-electron chi connectivity index (χ3n) is 2.79. The lowest BCUT2D eigenvalue weighted by Crippen LogP contribution is -1.98. The molecule has 0 heterocycles. The van der Waals surface area contributed by atoms with Crippen LogP contribution in [-0.2, 0) is 6.42 Å². The van der Waals surface area contributed by atoms with Crippen LogP contribution in [0.3, 0.4) is 0 Å². The fourth-order valence-corrected chi connectivity index (χ4v) is 1.77. The number of rotatable bonds is 8. The van der Waals surface area contributed by atoms with Crippen LogP contribution >= 0.6 is 0 Å². The molecule has 2 aromatic carbocycles. The van der Waals surface area contributed by atoms with Gasteiger partial charge in [-0.2, -0.15) is 0 Å². The van der Waals surface area contributed by atoms with Crippen LogP contribution in [0.15, 0.2) is 92.6 Å². The molecule has 2 rings (SSSR count). The molecule has 0 aliphatic heterocycles. The average Bonchev–Trinajstić information content (AvgIpc) is 2.60. The Bertz CT molecular complexity index is 557. The molecule has 2 nitrogen and oxygen atoms in total. The van der Waals surface area contributed by atoms with Gasteiger partial charge in [0.2, 0.25) is 0 Å². The van der Waals surface area contributed by atoms with Crippen LogP contribution in [0.2, 0.25) is 0 Å². The highest BCUT2D eigenvalue weighted by atomic mass is 16.5. The fraction of sp³-hybridized carbons (Fsp3) is 0.143. The van der Waals surface area contributed by atoms with Crippen LogP contribution in [0.5, 0.6) is 11.5 Å². The molecule has 2 aromatic rings. The van der Waals surface area contributed by atoms with Gasteiger partial charge < -0.3 is 9.47 Å². The van der Waals surface area contributed by atoms with Gasteiger partial charge in [0, 0.05) is 0 Å². The van der Waals surface area contributed by atoms with E-state index in [0.717, 1.165) is 17.9 Å². The van der Waals surface area contributed by atoms with Crippen molar-refractivity contribution < 1.29 is 9.47 Å². The molecule has 0 unspecified atom stereocenters. The maximum atomic E-state index is 5.41. The van der Waals surface area contributed by atoms with Gasteiger partial charge in [0.15, 0.2) is 11.5 Å². The molecule has 0 aliphatic carbocycles. The van der Waals surface area contributed by atoms with Crippen LogP contribution in [0.25, 0.3) is 0 Å². The molecule has 2 heteroatoms. The van der Waals surface area contributed by atoms with Gasteiger partial charge in [0.25, 0.3) is 0 Å². The van der Waals surface area contributed by atoms with E-state index in [1.807, 2.05) is 48.5 Å². The summed E-state index contributed by atoms with van der Waals surface area (Å²) in [6, 6.07) is 17.8. The predicted octanol–water partition coefficient (Wildman–Crippen LogP) is 5.23. The summed E-state index contributed by atoms with van der Waals surface area (Å²) < 4.78 is 10.8. The summed E-state index contributed by atoms with van der Waals surface area (Å²) in [5.74, 6) is 1.46. The normalized spacial score (nSPS) is 9.04. The Kier molecular flexibility index (Phi) is 9.45. The molecule has 0 saturated carbocycles. The van der Waals surface area contributed by atoms with Crippen LogP contribution < -0.4 is 9.47 Å². The quantitative estimate of drug-likeness (QED) is 0.622. The molecule has 23 heavy (non-hydrogen) atoms. The smallest absolute Gasteiger partial charge is 0.161 e. The molecule has 0 fully saturated rings. The van der Waals surface area contributed by atoms with Gasteiger partial charge in [0.05, 0.1) is 0 Å². The fourth-order valence-electron chi connectivity index (χ4n) is 1.77. The van der Waals surface area contributed by atoms with E-state index in [1.165, 1.54) is 5.56 Å². The van der Waals surface area contributed by atoms with E-state index in [2.05, 4.69) is 31.9 Å². The van der Waals surface area contributed by atoms with E-state index >= 15 is 0 Å². The van der Waals surface area contributed by atoms with E-state index in [4.69, 9.17) is 9.47 Å². The summed E-state index contributed by atoms with van der Waals surface area (Å²) in [6.07, 6.45) is 6.28. The molecule has 0 atom stereocenters. The van der Waals surface area contributed by atoms with E-state index in [1.54, 1.807) is 12.2 Å². The summed E-state index contributed by atoms with van der Waals surface area (Å²) in [5.41, 5.74) is 1.33. The van der Waals surface area contributed by atoms with Gasteiger partial charge in [-0.05, 0) is 24.1 Å². The van der Waals surface area contributed by atoms with Crippen molar-refractivity contribution in [3.05, 3.63) is 98.1 Å². The highest BCUT2D eigenvalue weighted by Gasteiger charge is 2.01. The monoisotopic (exact) mass is 308 g/mol. The second kappa shape index (κ2) is 11.9. The van der Waals surface area contributed by atoms with Crippen LogP contribution in [0.1, 0.15) is 5.56 Å². The van der Waals surface area contributed by atoms with Crippen molar-refractivity contribution in [1.82, 2.24) is 0 Å². The number of benzene rings is 2. The van der Waals surface area contributed by atoms with Crippen LogP contribution in [0, 0.1) is 0 Å². The number of hydrogen-bond donors (Lipinski definition) is 0. The molecule has 0 N–H and O–H groups in total. The van der Waals surface area contributed by atoms with Crippen molar-refractivity contribution in [2.45, 2.75) is 6.42 Å². The number of ether oxygens (including phenoxy) is 2. The summed E-state index contributed by atoms with van der Waals surface area (Å²) in [6.45, 7) is 11.8. The van der Waals surface area contributed by atoms with Gasteiger partial charge in [-0.3, -0.25) is 0 Å². The van der Waals surface area contributed by atoms with Crippen molar-refractivity contribution >= 4 is 0 Å². The largest absolute Gasteiger partial charge is 0.486 e. The van der Waals surface area contributed by atoms with E-state index in [9.17, 15) is 0 Å². The number of hydrogen-bond acceptors (Lipinski definition) is 2. The highest BCUT2D eigenvalue weighted by Crippen LogP contribution is 2.26. The Balaban J connectivity index is 0.000000253. The van der Waals surface area contributed by atoms with Crippen molar-refractivity contribution in [3.8, 4) is 11.5 Å². The van der Waals surface area contributed by atoms with E-state index in [-0.39, 0.29) is 0 Å². The maximum absolute atomic E-state index is 5.41. The van der Waals surface area contributed by atoms with Gasteiger partial charge >= 0.3 is 0 Å². The lowest BCUT2D eigenvalue weighted by molar-refractivity contribution is 0.308. The molecule has 0 bridgehead atoms. The third-order valence-corrected chi connectivity index (χ3v) is 2.79. The first-order valence-corrected chi connectivity index (χ1v) is 7.53. The van der Waals surface area contributed by atoms with E-state index in [0.29, 0.717) is 13.2 Å². The molecule has 120 valence electrons. The van der Waals surface area contributed by atoms with Crippen molar-refractivity contribution in [2.24, 2.45) is 0 Å². The van der Waals surface area contributed by atoms with Gasteiger partial charge in [-0.25, -0.2) is 0 Å². The number of allylic oxidation sites excluding steroid dienone is 1. The summed E-state index contributed by atoms with van der Waals surface area (Å²) in [7, 11) is 0. The Labute approximate surface area is 139 Å². The Hall–Kier alpha value is -2.74. The Morgan fingerprint density at radius 3 is 1.57 bits per heavy atom. The first kappa shape index (κ1) is 18.3. The van der Waals surface area contributed by atoms with Crippen molar-refractivity contribution in [2.75, 3.05) is 13.2 Å². The zero-order valence-electron chi connectivity index (χ0n) is 13.5. The minimum atomic E-state index is 0.481. The minimum absolute atomic E-state index is 0.481. The third kappa shape index (κ3) is 7.72. The Morgan fingerprint density at radius 2 is 1.13 bits per heavy atom. The van der Waals surface area contributed by atoms with Crippen LogP contribution in [-0.4, -0.2) is 13.2 Å².